The van der Waals surface area contributed by atoms with E-state index in [0.717, 1.165) is 0 Å². The van der Waals surface area contributed by atoms with Crippen LogP contribution in [0.3, 0.4) is 0 Å². The van der Waals surface area contributed by atoms with E-state index in [1.807, 2.05) is 27.7 Å². The van der Waals surface area contributed by atoms with Gasteiger partial charge in [0.2, 0.25) is 0 Å². The van der Waals surface area contributed by atoms with Crippen LogP contribution in [0.4, 0.5) is 4.79 Å². The summed E-state index contributed by atoms with van der Waals surface area (Å²) in [6.07, 6.45) is -0.239. The second-order valence-electron chi connectivity index (χ2n) is 5.62. The molecular weight excluding hydrogens is 206 g/mol. The van der Waals surface area contributed by atoms with E-state index >= 15 is 0 Å². The lowest BCUT2D eigenvalue weighted by Crippen LogP contribution is -2.44. The third-order valence-corrected chi connectivity index (χ3v) is 2.43. The van der Waals surface area contributed by atoms with Gasteiger partial charge >= 0.3 is 6.09 Å². The number of carbonyl (C=O) groups excluding carboxylic acids is 1. The van der Waals surface area contributed by atoms with Crippen molar-refractivity contribution in [2.24, 2.45) is 5.92 Å². The molecule has 0 saturated carbocycles. The van der Waals surface area contributed by atoms with Gasteiger partial charge in [0.05, 0.1) is 19.3 Å². The summed E-state index contributed by atoms with van der Waals surface area (Å²) in [6.45, 7) is 11.7. The molecule has 16 heavy (non-hydrogen) atoms. The Balaban J connectivity index is 2.64. The van der Waals surface area contributed by atoms with Crippen LogP contribution in [-0.2, 0) is 9.47 Å². The summed E-state index contributed by atoms with van der Waals surface area (Å²) in [5, 5.41) is 0. The zero-order valence-corrected chi connectivity index (χ0v) is 10.9. The molecule has 1 saturated heterocycles. The molecule has 1 rings (SSSR count). The van der Waals surface area contributed by atoms with Crippen molar-refractivity contribution in [2.45, 2.75) is 46.3 Å². The Hall–Kier alpha value is -0.770. The fourth-order valence-corrected chi connectivity index (χ4v) is 1.67. The Labute approximate surface area is 97.9 Å². The van der Waals surface area contributed by atoms with Crippen LogP contribution in [0.25, 0.3) is 0 Å². The van der Waals surface area contributed by atoms with Crippen LogP contribution < -0.4 is 0 Å². The molecule has 1 heterocycles. The SMILES string of the molecule is CC1COCC(C)N(C(=O)OC(C)(C)C)C1. The highest BCUT2D eigenvalue weighted by Gasteiger charge is 2.29. The van der Waals surface area contributed by atoms with Crippen LogP contribution in [0.2, 0.25) is 0 Å². The smallest absolute Gasteiger partial charge is 0.410 e. The maximum atomic E-state index is 12.0. The zero-order chi connectivity index (χ0) is 12.3. The molecular formula is C12H23NO3. The van der Waals surface area contributed by atoms with Gasteiger partial charge in [0, 0.05) is 6.54 Å². The van der Waals surface area contributed by atoms with Crippen molar-refractivity contribution in [2.75, 3.05) is 19.8 Å². The molecule has 4 nitrogen and oxygen atoms in total. The van der Waals surface area contributed by atoms with Gasteiger partial charge in [-0.05, 0) is 33.6 Å². The number of ether oxygens (including phenoxy) is 2. The van der Waals surface area contributed by atoms with Crippen LogP contribution in [0.5, 0.6) is 0 Å². The summed E-state index contributed by atoms with van der Waals surface area (Å²) in [6, 6.07) is 0.0831. The normalized spacial score (nSPS) is 27.4. The van der Waals surface area contributed by atoms with Crippen LogP contribution in [0.1, 0.15) is 34.6 Å². The monoisotopic (exact) mass is 229 g/mol. The molecule has 1 aliphatic heterocycles. The molecule has 0 spiro atoms. The number of hydrogen-bond acceptors (Lipinski definition) is 3. The first kappa shape index (κ1) is 13.3. The first-order valence-electron chi connectivity index (χ1n) is 5.87. The quantitative estimate of drug-likeness (QED) is 0.639. The predicted octanol–water partition coefficient (Wildman–Crippen LogP) is 2.28. The number of carbonyl (C=O) groups is 1. The Morgan fingerprint density at radius 2 is 1.94 bits per heavy atom. The van der Waals surface area contributed by atoms with E-state index in [2.05, 4.69) is 6.92 Å². The largest absolute Gasteiger partial charge is 0.444 e. The first-order chi connectivity index (χ1) is 7.29. The van der Waals surface area contributed by atoms with E-state index in [-0.39, 0.29) is 12.1 Å². The standard InChI is InChI=1S/C12H23NO3/c1-9-6-13(10(2)8-15-7-9)11(14)16-12(3,4)5/h9-10H,6-8H2,1-5H3. The van der Waals surface area contributed by atoms with Gasteiger partial charge in [-0.3, -0.25) is 0 Å². The van der Waals surface area contributed by atoms with Gasteiger partial charge in [0.1, 0.15) is 5.60 Å². The van der Waals surface area contributed by atoms with Gasteiger partial charge in [-0.15, -0.1) is 0 Å². The van der Waals surface area contributed by atoms with Gasteiger partial charge in [0.15, 0.2) is 0 Å². The van der Waals surface area contributed by atoms with E-state index in [1.54, 1.807) is 4.90 Å². The van der Waals surface area contributed by atoms with Gasteiger partial charge in [-0.2, -0.15) is 0 Å². The summed E-state index contributed by atoms with van der Waals surface area (Å²) in [5.74, 6) is 0.359. The Morgan fingerprint density at radius 1 is 1.31 bits per heavy atom. The summed E-state index contributed by atoms with van der Waals surface area (Å²) >= 11 is 0. The van der Waals surface area contributed by atoms with E-state index in [0.29, 0.717) is 25.7 Å². The predicted molar refractivity (Wildman–Crippen MR) is 62.4 cm³/mol. The highest BCUT2D eigenvalue weighted by molar-refractivity contribution is 5.68. The maximum Gasteiger partial charge on any atom is 0.410 e. The molecule has 1 aliphatic rings. The fourth-order valence-electron chi connectivity index (χ4n) is 1.67. The Kier molecular flexibility index (Phi) is 4.19. The van der Waals surface area contributed by atoms with E-state index < -0.39 is 5.60 Å². The second kappa shape index (κ2) is 5.04. The third-order valence-electron chi connectivity index (χ3n) is 2.43. The van der Waals surface area contributed by atoms with E-state index in [4.69, 9.17) is 9.47 Å². The van der Waals surface area contributed by atoms with Crippen molar-refractivity contribution >= 4 is 6.09 Å². The Bertz CT molecular complexity index is 247. The highest BCUT2D eigenvalue weighted by atomic mass is 16.6. The van der Waals surface area contributed by atoms with Crippen molar-refractivity contribution in [1.29, 1.82) is 0 Å². The molecule has 0 N–H and O–H groups in total. The molecule has 0 aromatic carbocycles. The number of rotatable bonds is 0. The topological polar surface area (TPSA) is 38.8 Å². The van der Waals surface area contributed by atoms with Gasteiger partial charge < -0.3 is 14.4 Å². The molecule has 0 bridgehead atoms. The molecule has 2 atom stereocenters. The Morgan fingerprint density at radius 3 is 2.50 bits per heavy atom. The molecule has 0 aromatic rings. The summed E-state index contributed by atoms with van der Waals surface area (Å²) in [5.41, 5.74) is -0.437. The minimum atomic E-state index is -0.437. The first-order valence-corrected chi connectivity index (χ1v) is 5.87. The number of nitrogens with zero attached hydrogens (tertiary/aromatic N) is 1. The van der Waals surface area contributed by atoms with Crippen molar-refractivity contribution in [3.63, 3.8) is 0 Å². The number of amides is 1. The molecule has 1 fully saturated rings. The van der Waals surface area contributed by atoms with Crippen molar-refractivity contribution in [3.8, 4) is 0 Å². The van der Waals surface area contributed by atoms with E-state index in [9.17, 15) is 4.79 Å². The minimum absolute atomic E-state index is 0.0831. The van der Waals surface area contributed by atoms with Gasteiger partial charge in [-0.25, -0.2) is 4.79 Å². The van der Waals surface area contributed by atoms with Gasteiger partial charge in [-0.1, -0.05) is 6.92 Å². The molecule has 2 unspecified atom stereocenters. The summed E-state index contributed by atoms with van der Waals surface area (Å²) in [7, 11) is 0. The van der Waals surface area contributed by atoms with Crippen molar-refractivity contribution in [3.05, 3.63) is 0 Å². The minimum Gasteiger partial charge on any atom is -0.444 e. The molecule has 0 aliphatic carbocycles. The molecule has 94 valence electrons. The van der Waals surface area contributed by atoms with Gasteiger partial charge in [0.25, 0.3) is 0 Å². The lowest BCUT2D eigenvalue weighted by Gasteiger charge is -2.30. The average molecular weight is 229 g/mol. The maximum absolute atomic E-state index is 12.0. The lowest BCUT2D eigenvalue weighted by molar-refractivity contribution is 0.0140. The fraction of sp³-hybridized carbons (Fsp3) is 0.917. The second-order valence-corrected chi connectivity index (χ2v) is 5.62. The number of hydrogen-bond donors (Lipinski definition) is 0. The lowest BCUT2D eigenvalue weighted by atomic mass is 10.2. The summed E-state index contributed by atoms with van der Waals surface area (Å²) < 4.78 is 10.9. The third kappa shape index (κ3) is 4.00. The summed E-state index contributed by atoms with van der Waals surface area (Å²) in [4.78, 5) is 13.7. The van der Waals surface area contributed by atoms with E-state index in [1.165, 1.54) is 0 Å². The van der Waals surface area contributed by atoms with Crippen molar-refractivity contribution < 1.29 is 14.3 Å². The van der Waals surface area contributed by atoms with Crippen LogP contribution >= 0.6 is 0 Å². The molecule has 0 aromatic heterocycles. The van der Waals surface area contributed by atoms with Crippen molar-refractivity contribution in [1.82, 2.24) is 4.90 Å². The average Bonchev–Trinajstić information content (AvgIpc) is 2.25. The van der Waals surface area contributed by atoms with Crippen LogP contribution in [-0.4, -0.2) is 42.4 Å². The molecule has 4 heteroatoms. The molecule has 1 amide bonds. The van der Waals surface area contributed by atoms with Crippen LogP contribution in [0, 0.1) is 5.92 Å². The molecule has 0 radical (unpaired) electrons. The zero-order valence-electron chi connectivity index (χ0n) is 10.9. The van der Waals surface area contributed by atoms with Crippen LogP contribution in [0.15, 0.2) is 0 Å². The highest BCUT2D eigenvalue weighted by Crippen LogP contribution is 2.16.